The van der Waals surface area contributed by atoms with E-state index in [4.69, 9.17) is 10.5 Å². The Balaban J connectivity index is 2.76. The van der Waals surface area contributed by atoms with Crippen molar-refractivity contribution in [2.75, 3.05) is 31.0 Å². The second kappa shape index (κ2) is 6.68. The van der Waals surface area contributed by atoms with Gasteiger partial charge in [-0.3, -0.25) is 0 Å². The molecule has 0 saturated heterocycles. The van der Waals surface area contributed by atoms with Crippen LogP contribution in [0.25, 0.3) is 0 Å². The minimum Gasteiger partial charge on any atom is -0.481 e. The Morgan fingerprint density at radius 2 is 2.06 bits per heavy atom. The predicted octanol–water partition coefficient (Wildman–Crippen LogP) is 2.40. The van der Waals surface area contributed by atoms with E-state index in [1.54, 1.807) is 13.2 Å². The first-order valence-electron chi connectivity index (χ1n) is 6.06. The number of methoxy groups -OCH3 is 1. The topological polar surface area (TPSA) is 73.1 Å². The van der Waals surface area contributed by atoms with E-state index in [1.807, 2.05) is 11.8 Å². The van der Waals surface area contributed by atoms with E-state index in [2.05, 4.69) is 35.4 Å². The highest BCUT2D eigenvalue weighted by atomic mass is 32.2. The van der Waals surface area contributed by atoms with Crippen LogP contribution in [0.2, 0.25) is 0 Å². The van der Waals surface area contributed by atoms with Crippen LogP contribution in [0.3, 0.4) is 0 Å². The number of hydrogen-bond donors (Lipinski definition) is 2. The summed E-state index contributed by atoms with van der Waals surface area (Å²) in [5.41, 5.74) is 5.62. The van der Waals surface area contributed by atoms with Crippen LogP contribution in [0.15, 0.2) is 6.07 Å². The lowest BCUT2D eigenvalue weighted by Gasteiger charge is -2.30. The van der Waals surface area contributed by atoms with Crippen molar-refractivity contribution < 1.29 is 4.74 Å². The molecule has 1 rings (SSSR count). The Morgan fingerprint density at radius 1 is 1.39 bits per heavy atom. The van der Waals surface area contributed by atoms with E-state index in [0.29, 0.717) is 11.7 Å². The summed E-state index contributed by atoms with van der Waals surface area (Å²) in [6.45, 7) is 5.26. The lowest BCUT2D eigenvalue weighted by molar-refractivity contribution is 0.398. The quantitative estimate of drug-likeness (QED) is 0.792. The van der Waals surface area contributed by atoms with Gasteiger partial charge in [-0.2, -0.15) is 21.7 Å². The molecule has 5 nitrogen and oxygen atoms in total. The van der Waals surface area contributed by atoms with Crippen molar-refractivity contribution in [1.82, 2.24) is 9.97 Å². The second-order valence-electron chi connectivity index (χ2n) is 4.10. The lowest BCUT2D eigenvalue weighted by atomic mass is 10.0. The van der Waals surface area contributed by atoms with Crippen LogP contribution < -0.4 is 15.8 Å². The van der Waals surface area contributed by atoms with Crippen LogP contribution in [0.4, 0.5) is 11.8 Å². The van der Waals surface area contributed by atoms with Gasteiger partial charge >= 0.3 is 0 Å². The van der Waals surface area contributed by atoms with Crippen LogP contribution in [0.5, 0.6) is 5.88 Å². The molecule has 0 radical (unpaired) electrons. The minimum absolute atomic E-state index is 0.222. The fraction of sp³-hybridized carbons (Fsp3) is 0.667. The van der Waals surface area contributed by atoms with Gasteiger partial charge in [0.05, 0.1) is 7.11 Å². The molecular weight excluding hydrogens is 248 g/mol. The van der Waals surface area contributed by atoms with Gasteiger partial charge in [-0.1, -0.05) is 13.8 Å². The van der Waals surface area contributed by atoms with Crippen molar-refractivity contribution in [3.63, 3.8) is 0 Å². The molecule has 0 aliphatic carbocycles. The van der Waals surface area contributed by atoms with Gasteiger partial charge in [-0.25, -0.2) is 0 Å². The fourth-order valence-electron chi connectivity index (χ4n) is 1.75. The molecule has 0 amide bonds. The summed E-state index contributed by atoms with van der Waals surface area (Å²) < 4.78 is 5.30. The van der Waals surface area contributed by atoms with Crippen LogP contribution in [-0.4, -0.2) is 34.6 Å². The number of nitrogens with one attached hydrogen (secondary N) is 1. The highest BCUT2D eigenvalue weighted by Crippen LogP contribution is 2.30. The number of hydrogen-bond acceptors (Lipinski definition) is 6. The van der Waals surface area contributed by atoms with Gasteiger partial charge < -0.3 is 15.8 Å². The fourth-order valence-corrected chi connectivity index (χ4v) is 2.54. The largest absolute Gasteiger partial charge is 0.481 e. The molecule has 0 aliphatic rings. The van der Waals surface area contributed by atoms with Gasteiger partial charge in [0, 0.05) is 17.4 Å². The zero-order chi connectivity index (χ0) is 13.6. The summed E-state index contributed by atoms with van der Waals surface area (Å²) in [7, 11) is 1.57. The van der Waals surface area contributed by atoms with Gasteiger partial charge in [-0.15, -0.1) is 0 Å². The van der Waals surface area contributed by atoms with Gasteiger partial charge in [-0.05, 0) is 19.1 Å². The second-order valence-corrected chi connectivity index (χ2v) is 5.38. The number of nitrogens with zero attached hydrogens (tertiary/aromatic N) is 2. The van der Waals surface area contributed by atoms with Crippen LogP contribution in [0.1, 0.15) is 26.7 Å². The van der Waals surface area contributed by atoms with Crippen molar-refractivity contribution in [2.24, 2.45) is 0 Å². The number of aromatic nitrogens is 2. The zero-order valence-electron chi connectivity index (χ0n) is 11.5. The first-order valence-corrected chi connectivity index (χ1v) is 7.29. The zero-order valence-corrected chi connectivity index (χ0v) is 12.3. The van der Waals surface area contributed by atoms with E-state index < -0.39 is 0 Å². The molecule has 1 aromatic rings. The number of nitrogen functional groups attached to an aromatic ring is 1. The maximum absolute atomic E-state index is 5.62. The average molecular weight is 270 g/mol. The summed E-state index contributed by atoms with van der Waals surface area (Å²) in [4.78, 5) is 8.11. The normalized spacial score (nSPS) is 11.3. The average Bonchev–Trinajstić information content (AvgIpc) is 2.40. The molecule has 102 valence electrons. The van der Waals surface area contributed by atoms with Crippen molar-refractivity contribution in [3.05, 3.63) is 6.07 Å². The first-order chi connectivity index (χ1) is 8.59. The Morgan fingerprint density at radius 3 is 2.56 bits per heavy atom. The molecule has 0 saturated carbocycles. The Hall–Kier alpha value is -1.17. The third-order valence-corrected chi connectivity index (χ3v) is 4.83. The molecule has 0 aliphatic heterocycles. The van der Waals surface area contributed by atoms with E-state index in [9.17, 15) is 0 Å². The number of rotatable bonds is 7. The van der Waals surface area contributed by atoms with Gasteiger partial charge in [0.2, 0.25) is 11.8 Å². The molecule has 0 aromatic carbocycles. The van der Waals surface area contributed by atoms with Crippen molar-refractivity contribution in [2.45, 2.75) is 31.4 Å². The Kier molecular flexibility index (Phi) is 5.53. The highest BCUT2D eigenvalue weighted by molar-refractivity contribution is 8.00. The molecule has 0 atom stereocenters. The molecule has 18 heavy (non-hydrogen) atoms. The lowest BCUT2D eigenvalue weighted by Crippen LogP contribution is -2.32. The molecule has 0 unspecified atom stereocenters. The van der Waals surface area contributed by atoms with E-state index >= 15 is 0 Å². The summed E-state index contributed by atoms with van der Waals surface area (Å²) in [5.74, 6) is 1.41. The molecule has 0 fully saturated rings. The van der Waals surface area contributed by atoms with Gasteiger partial charge in [0.25, 0.3) is 0 Å². The number of thioether (sulfide) groups is 1. The highest BCUT2D eigenvalue weighted by Gasteiger charge is 2.24. The third kappa shape index (κ3) is 3.66. The smallest absolute Gasteiger partial charge is 0.225 e. The summed E-state index contributed by atoms with van der Waals surface area (Å²) in [6, 6.07) is 1.76. The first kappa shape index (κ1) is 14.9. The minimum atomic E-state index is 0.222. The van der Waals surface area contributed by atoms with E-state index in [1.165, 1.54) is 0 Å². The molecule has 3 N–H and O–H groups in total. The van der Waals surface area contributed by atoms with Gasteiger partial charge in [0.15, 0.2) is 0 Å². The third-order valence-electron chi connectivity index (χ3n) is 3.24. The summed E-state index contributed by atoms with van der Waals surface area (Å²) >= 11 is 1.88. The number of anilines is 2. The van der Waals surface area contributed by atoms with E-state index in [0.717, 1.165) is 19.4 Å². The predicted molar refractivity (Wildman–Crippen MR) is 78.3 cm³/mol. The summed E-state index contributed by atoms with van der Waals surface area (Å²) in [6.07, 6.45) is 4.36. The van der Waals surface area contributed by atoms with Crippen molar-refractivity contribution in [3.8, 4) is 5.88 Å². The number of nitrogens with two attached hydrogens (primary N) is 1. The summed E-state index contributed by atoms with van der Waals surface area (Å²) in [5, 5.41) is 3.32. The monoisotopic (exact) mass is 270 g/mol. The maximum atomic E-state index is 5.62. The van der Waals surface area contributed by atoms with Crippen LogP contribution in [0, 0.1) is 0 Å². The standard InChI is InChI=1S/C12H22N4OS/c1-5-12(6-2,18-4)8-14-9-7-10(17-3)16-11(13)15-9/h7H,5-6,8H2,1-4H3,(H3,13,14,15,16). The van der Waals surface area contributed by atoms with Crippen molar-refractivity contribution >= 4 is 23.5 Å². The molecule has 1 aromatic heterocycles. The molecule has 6 heteroatoms. The Bertz CT molecular complexity index is 374. The molecular formula is C12H22N4OS. The Labute approximate surface area is 113 Å². The van der Waals surface area contributed by atoms with Crippen LogP contribution >= 0.6 is 11.8 Å². The molecule has 0 spiro atoms. The number of ether oxygens (including phenoxy) is 1. The maximum Gasteiger partial charge on any atom is 0.225 e. The van der Waals surface area contributed by atoms with Crippen LogP contribution in [-0.2, 0) is 0 Å². The van der Waals surface area contributed by atoms with E-state index in [-0.39, 0.29) is 10.7 Å². The SMILES string of the molecule is CCC(CC)(CNc1cc(OC)nc(N)n1)SC. The molecule has 1 heterocycles. The molecule has 0 bridgehead atoms. The van der Waals surface area contributed by atoms with Crippen molar-refractivity contribution in [1.29, 1.82) is 0 Å². The van der Waals surface area contributed by atoms with Gasteiger partial charge in [0.1, 0.15) is 5.82 Å².